The van der Waals surface area contributed by atoms with Crippen LogP contribution in [0.4, 0.5) is 0 Å². The van der Waals surface area contributed by atoms with Crippen LogP contribution in [0.1, 0.15) is 47.9 Å². The van der Waals surface area contributed by atoms with Gasteiger partial charge in [-0.2, -0.15) is 10.5 Å². The second-order valence-corrected chi connectivity index (χ2v) is 7.96. The van der Waals surface area contributed by atoms with E-state index in [2.05, 4.69) is 17.1 Å². The smallest absolute Gasteiger partial charge is 0.239 e. The fourth-order valence-corrected chi connectivity index (χ4v) is 4.11. The number of nitrogens with zero attached hydrogens (tertiary/aromatic N) is 4. The van der Waals surface area contributed by atoms with Crippen LogP contribution in [0, 0.1) is 22.7 Å². The third-order valence-corrected chi connectivity index (χ3v) is 6.17. The number of aliphatic imine (C=N–C) groups is 1. The third kappa shape index (κ3) is 2.85. The number of benzene rings is 2. The third-order valence-electron chi connectivity index (χ3n) is 6.17. The van der Waals surface area contributed by atoms with Crippen LogP contribution in [0.5, 0.6) is 0 Å². The summed E-state index contributed by atoms with van der Waals surface area (Å²) in [6.07, 6.45) is 1.74. The maximum absolute atomic E-state index is 13.3. The standard InChI is InChI=1S/C23H21N5O/c1-22(18-5-3-4-15(12-18)13-24)19(20(29)28(2)21(26)27-22)16-6-8-17(9-7-16)23(14-25)10-11-23/h3-9,12,19H,10-11H2,1-2H3,(H2,26,27). The first-order valence-electron chi connectivity index (χ1n) is 9.50. The second-order valence-electron chi connectivity index (χ2n) is 7.96. The van der Waals surface area contributed by atoms with Crippen molar-refractivity contribution in [1.29, 1.82) is 10.5 Å². The normalized spacial score (nSPS) is 25.0. The van der Waals surface area contributed by atoms with Crippen LogP contribution in [0.25, 0.3) is 0 Å². The van der Waals surface area contributed by atoms with E-state index in [1.807, 2.05) is 37.3 Å². The predicted molar refractivity (Wildman–Crippen MR) is 109 cm³/mol. The number of carbonyl (C=O) groups is 1. The minimum Gasteiger partial charge on any atom is -0.369 e. The van der Waals surface area contributed by atoms with Crippen LogP contribution in [-0.2, 0) is 15.7 Å². The van der Waals surface area contributed by atoms with E-state index in [9.17, 15) is 15.3 Å². The SMILES string of the molecule is CN1C(=O)C(c2ccc(C3(C#N)CC3)cc2)C(C)(c2cccc(C#N)c2)N=C1N. The van der Waals surface area contributed by atoms with Crippen molar-refractivity contribution < 1.29 is 4.79 Å². The Hall–Kier alpha value is -3.64. The molecule has 2 atom stereocenters. The molecule has 1 fully saturated rings. The van der Waals surface area contributed by atoms with Gasteiger partial charge < -0.3 is 5.73 Å². The Morgan fingerprint density at radius 1 is 1.14 bits per heavy atom. The molecule has 1 aliphatic carbocycles. The summed E-state index contributed by atoms with van der Waals surface area (Å²) in [5, 5.41) is 18.7. The monoisotopic (exact) mass is 383 g/mol. The zero-order valence-corrected chi connectivity index (χ0v) is 16.4. The Labute approximate surface area is 169 Å². The van der Waals surface area contributed by atoms with Crippen LogP contribution in [-0.4, -0.2) is 23.8 Å². The molecule has 1 saturated carbocycles. The first kappa shape index (κ1) is 18.7. The molecule has 0 bridgehead atoms. The predicted octanol–water partition coefficient (Wildman–Crippen LogP) is 2.90. The lowest BCUT2D eigenvalue weighted by molar-refractivity contribution is -0.130. The van der Waals surface area contributed by atoms with Crippen molar-refractivity contribution in [2.24, 2.45) is 10.7 Å². The van der Waals surface area contributed by atoms with Gasteiger partial charge in [-0.15, -0.1) is 0 Å². The molecule has 6 heteroatoms. The fraction of sp³-hybridized carbons (Fsp3) is 0.304. The van der Waals surface area contributed by atoms with Gasteiger partial charge in [-0.05, 0) is 48.6 Å². The van der Waals surface area contributed by atoms with E-state index < -0.39 is 11.5 Å². The highest BCUT2D eigenvalue weighted by Crippen LogP contribution is 2.49. The van der Waals surface area contributed by atoms with E-state index in [1.165, 1.54) is 4.90 Å². The number of likely N-dealkylation sites (N-methyl/N-ethyl adjacent to an activating group) is 1. The summed E-state index contributed by atoms with van der Waals surface area (Å²) in [6.45, 7) is 1.87. The summed E-state index contributed by atoms with van der Waals surface area (Å²) >= 11 is 0. The summed E-state index contributed by atoms with van der Waals surface area (Å²) in [5.41, 5.74) is 7.77. The molecule has 2 aromatic carbocycles. The molecular weight excluding hydrogens is 362 g/mol. The van der Waals surface area contributed by atoms with Crippen LogP contribution in [0.3, 0.4) is 0 Å². The minimum absolute atomic E-state index is 0.147. The Morgan fingerprint density at radius 3 is 2.41 bits per heavy atom. The number of carbonyl (C=O) groups excluding carboxylic acids is 1. The van der Waals surface area contributed by atoms with Gasteiger partial charge in [-0.3, -0.25) is 9.69 Å². The Balaban J connectivity index is 1.83. The van der Waals surface area contributed by atoms with Gasteiger partial charge in [0.2, 0.25) is 5.91 Å². The van der Waals surface area contributed by atoms with Gasteiger partial charge in [0.15, 0.2) is 5.96 Å². The van der Waals surface area contributed by atoms with Crippen LogP contribution in [0.15, 0.2) is 53.5 Å². The molecular formula is C23H21N5O. The number of rotatable bonds is 3. The molecule has 0 aromatic heterocycles. The molecule has 2 aromatic rings. The highest BCUT2D eigenvalue weighted by atomic mass is 16.2. The lowest BCUT2D eigenvalue weighted by Crippen LogP contribution is -2.52. The highest BCUT2D eigenvalue weighted by molar-refractivity contribution is 6.02. The molecule has 0 saturated heterocycles. The molecule has 2 N–H and O–H groups in total. The molecule has 1 aliphatic heterocycles. The second kappa shape index (κ2) is 6.46. The first-order valence-corrected chi connectivity index (χ1v) is 9.50. The molecule has 0 radical (unpaired) electrons. The summed E-state index contributed by atoms with van der Waals surface area (Å²) < 4.78 is 0. The average Bonchev–Trinajstić information content (AvgIpc) is 3.54. The van der Waals surface area contributed by atoms with E-state index in [1.54, 1.807) is 25.2 Å². The molecule has 144 valence electrons. The van der Waals surface area contributed by atoms with Crippen molar-refractivity contribution in [2.45, 2.75) is 36.6 Å². The molecule has 4 rings (SSSR count). The highest BCUT2D eigenvalue weighted by Gasteiger charge is 2.48. The number of amides is 1. The molecule has 1 amide bonds. The van der Waals surface area contributed by atoms with E-state index in [0.717, 1.165) is 29.5 Å². The van der Waals surface area contributed by atoms with E-state index in [-0.39, 0.29) is 17.3 Å². The number of hydrogen-bond donors (Lipinski definition) is 1. The fourth-order valence-electron chi connectivity index (χ4n) is 4.11. The molecule has 2 aliphatic rings. The average molecular weight is 383 g/mol. The summed E-state index contributed by atoms with van der Waals surface area (Å²) in [4.78, 5) is 19.3. The van der Waals surface area contributed by atoms with Gasteiger partial charge in [0, 0.05) is 7.05 Å². The molecule has 2 unspecified atom stereocenters. The summed E-state index contributed by atoms with van der Waals surface area (Å²) in [6, 6.07) is 19.4. The van der Waals surface area contributed by atoms with Crippen molar-refractivity contribution in [3.05, 3.63) is 70.8 Å². The van der Waals surface area contributed by atoms with Crippen molar-refractivity contribution in [1.82, 2.24) is 4.90 Å². The van der Waals surface area contributed by atoms with Gasteiger partial charge in [0.25, 0.3) is 0 Å². The molecule has 0 spiro atoms. The Bertz CT molecular complexity index is 1100. The van der Waals surface area contributed by atoms with E-state index in [0.29, 0.717) is 5.56 Å². The van der Waals surface area contributed by atoms with Crippen LogP contribution < -0.4 is 5.73 Å². The minimum atomic E-state index is -0.950. The number of guanidine groups is 1. The van der Waals surface area contributed by atoms with Crippen molar-refractivity contribution in [3.63, 3.8) is 0 Å². The quantitative estimate of drug-likeness (QED) is 0.879. The van der Waals surface area contributed by atoms with Gasteiger partial charge in [-0.1, -0.05) is 36.4 Å². The van der Waals surface area contributed by atoms with E-state index in [4.69, 9.17) is 5.73 Å². The van der Waals surface area contributed by atoms with Crippen molar-refractivity contribution in [3.8, 4) is 12.1 Å². The Morgan fingerprint density at radius 2 is 1.83 bits per heavy atom. The largest absolute Gasteiger partial charge is 0.369 e. The van der Waals surface area contributed by atoms with Gasteiger partial charge in [-0.25, -0.2) is 4.99 Å². The first-order chi connectivity index (χ1) is 13.8. The summed E-state index contributed by atoms with van der Waals surface area (Å²) in [7, 11) is 1.61. The number of nitriles is 2. The number of nitrogens with two attached hydrogens (primary N) is 1. The van der Waals surface area contributed by atoms with E-state index >= 15 is 0 Å². The lowest BCUT2D eigenvalue weighted by Gasteiger charge is -2.41. The van der Waals surface area contributed by atoms with Crippen molar-refractivity contribution in [2.75, 3.05) is 7.05 Å². The topological polar surface area (TPSA) is 106 Å². The number of hydrogen-bond acceptors (Lipinski definition) is 5. The van der Waals surface area contributed by atoms with Crippen LogP contribution in [0.2, 0.25) is 0 Å². The molecule has 6 nitrogen and oxygen atoms in total. The Kier molecular flexibility index (Phi) is 4.17. The van der Waals surface area contributed by atoms with Gasteiger partial charge in [0.1, 0.15) is 5.54 Å². The molecule has 29 heavy (non-hydrogen) atoms. The maximum atomic E-state index is 13.3. The van der Waals surface area contributed by atoms with Crippen molar-refractivity contribution >= 4 is 11.9 Å². The maximum Gasteiger partial charge on any atom is 0.239 e. The molecule has 1 heterocycles. The zero-order valence-electron chi connectivity index (χ0n) is 16.4. The zero-order chi connectivity index (χ0) is 20.8. The van der Waals surface area contributed by atoms with Gasteiger partial charge in [0.05, 0.1) is 29.0 Å². The van der Waals surface area contributed by atoms with Gasteiger partial charge >= 0.3 is 0 Å². The summed E-state index contributed by atoms with van der Waals surface area (Å²) in [5.74, 6) is -0.606. The lowest BCUT2D eigenvalue weighted by atomic mass is 9.74. The van der Waals surface area contributed by atoms with Crippen LogP contribution >= 0.6 is 0 Å².